The first-order valence-corrected chi connectivity index (χ1v) is 11.7. The summed E-state index contributed by atoms with van der Waals surface area (Å²) in [7, 11) is -3.47. The highest BCUT2D eigenvalue weighted by molar-refractivity contribution is 7.92. The molecule has 0 aliphatic carbocycles. The van der Waals surface area contributed by atoms with E-state index in [4.69, 9.17) is 0 Å². The van der Waals surface area contributed by atoms with Crippen LogP contribution in [-0.2, 0) is 23.0 Å². The molecule has 1 heterocycles. The fourth-order valence-electron chi connectivity index (χ4n) is 3.32. The quantitative estimate of drug-likeness (QED) is 0.642. The Morgan fingerprint density at radius 2 is 1.72 bits per heavy atom. The van der Waals surface area contributed by atoms with E-state index < -0.39 is 10.0 Å². The van der Waals surface area contributed by atoms with Gasteiger partial charge in [-0.1, -0.05) is 31.2 Å². The molecule has 0 atom stereocenters. The first kappa shape index (κ1) is 21.1. The van der Waals surface area contributed by atoms with Crippen LogP contribution in [0.15, 0.2) is 42.5 Å². The van der Waals surface area contributed by atoms with Gasteiger partial charge >= 0.3 is 0 Å². The molecule has 1 amide bonds. The zero-order valence-corrected chi connectivity index (χ0v) is 17.7. The number of amides is 1. The van der Waals surface area contributed by atoms with Crippen LogP contribution in [0.3, 0.4) is 0 Å². The predicted octanol–water partition coefficient (Wildman–Crippen LogP) is 1.96. The number of piperazine rings is 1. The first-order chi connectivity index (χ1) is 13.9. The van der Waals surface area contributed by atoms with Crippen LogP contribution in [-0.4, -0.2) is 46.8 Å². The topological polar surface area (TPSA) is 90.5 Å². The van der Waals surface area contributed by atoms with Crippen LogP contribution in [0.4, 0.5) is 11.4 Å². The second-order valence-corrected chi connectivity index (χ2v) is 8.94. The molecule has 0 saturated carbocycles. The third-order valence-corrected chi connectivity index (χ3v) is 5.49. The minimum Gasteiger partial charge on any atom is -0.367 e. The number of carbonyl (C=O) groups is 1. The van der Waals surface area contributed by atoms with Crippen molar-refractivity contribution >= 4 is 27.3 Å². The van der Waals surface area contributed by atoms with Crippen molar-refractivity contribution in [1.29, 1.82) is 0 Å². The van der Waals surface area contributed by atoms with E-state index >= 15 is 0 Å². The number of sulfonamides is 1. The van der Waals surface area contributed by atoms with E-state index in [-0.39, 0.29) is 5.91 Å². The van der Waals surface area contributed by atoms with Crippen LogP contribution in [0.5, 0.6) is 0 Å². The second kappa shape index (κ2) is 9.28. The normalized spacial score (nSPS) is 14.5. The Labute approximate surface area is 172 Å². The van der Waals surface area contributed by atoms with Crippen LogP contribution < -0.4 is 20.3 Å². The monoisotopic (exact) mass is 416 g/mol. The van der Waals surface area contributed by atoms with Crippen molar-refractivity contribution in [3.63, 3.8) is 0 Å². The van der Waals surface area contributed by atoms with Crippen LogP contribution in [0.2, 0.25) is 0 Å². The van der Waals surface area contributed by atoms with Crippen molar-refractivity contribution in [2.75, 3.05) is 42.1 Å². The lowest BCUT2D eigenvalue weighted by molar-refractivity contribution is 0.0951. The summed E-state index contributed by atoms with van der Waals surface area (Å²) in [5.41, 5.74) is 3.89. The molecule has 7 nitrogen and oxygen atoms in total. The molecular formula is C21H28N4O3S. The van der Waals surface area contributed by atoms with E-state index in [2.05, 4.69) is 39.3 Å². The number of hydrogen-bond acceptors (Lipinski definition) is 5. The summed E-state index contributed by atoms with van der Waals surface area (Å²) in [5, 5.41) is 6.18. The molecule has 0 aromatic heterocycles. The smallest absolute Gasteiger partial charge is 0.251 e. The summed E-state index contributed by atoms with van der Waals surface area (Å²) in [4.78, 5) is 14.7. The third-order valence-electron chi connectivity index (χ3n) is 4.90. The molecule has 1 fully saturated rings. The molecule has 8 heteroatoms. The Hall–Kier alpha value is -2.58. The van der Waals surface area contributed by atoms with Gasteiger partial charge < -0.3 is 15.5 Å². The van der Waals surface area contributed by atoms with Crippen molar-refractivity contribution in [3.05, 3.63) is 59.2 Å². The van der Waals surface area contributed by atoms with Gasteiger partial charge in [-0.15, -0.1) is 0 Å². The van der Waals surface area contributed by atoms with Crippen molar-refractivity contribution in [2.45, 2.75) is 19.9 Å². The molecule has 3 N–H and O–H groups in total. The average molecular weight is 417 g/mol. The highest BCUT2D eigenvalue weighted by Crippen LogP contribution is 2.28. The number of nitrogens with one attached hydrogen (secondary N) is 3. The van der Waals surface area contributed by atoms with Crippen molar-refractivity contribution in [3.8, 4) is 0 Å². The number of rotatable bonds is 7. The summed E-state index contributed by atoms with van der Waals surface area (Å²) in [6.07, 6.45) is 2.09. The maximum atomic E-state index is 12.6. The van der Waals surface area contributed by atoms with Crippen molar-refractivity contribution in [1.82, 2.24) is 10.6 Å². The highest BCUT2D eigenvalue weighted by Gasteiger charge is 2.18. The lowest BCUT2D eigenvalue weighted by Crippen LogP contribution is -2.43. The molecular weight excluding hydrogens is 388 g/mol. The SMILES string of the molecule is CCc1ccc(CNC(=O)c2ccc(N3CCNCC3)c(NS(C)(=O)=O)c2)cc1. The van der Waals surface area contributed by atoms with Gasteiger partial charge in [-0.25, -0.2) is 8.42 Å². The van der Waals surface area contributed by atoms with Gasteiger partial charge in [0, 0.05) is 38.3 Å². The average Bonchev–Trinajstić information content (AvgIpc) is 2.72. The van der Waals surface area contributed by atoms with Crippen molar-refractivity contribution < 1.29 is 13.2 Å². The van der Waals surface area contributed by atoms with Crippen LogP contribution >= 0.6 is 0 Å². The Bertz CT molecular complexity index is 952. The van der Waals surface area contributed by atoms with E-state index in [0.29, 0.717) is 17.8 Å². The molecule has 0 unspecified atom stereocenters. The predicted molar refractivity (Wildman–Crippen MR) is 117 cm³/mol. The Balaban J connectivity index is 1.76. The van der Waals surface area contributed by atoms with Crippen molar-refractivity contribution in [2.24, 2.45) is 0 Å². The van der Waals surface area contributed by atoms with Gasteiger partial charge in [0.25, 0.3) is 5.91 Å². The molecule has 1 aliphatic heterocycles. The summed E-state index contributed by atoms with van der Waals surface area (Å²) in [6, 6.07) is 13.3. The van der Waals surface area contributed by atoms with Gasteiger partial charge in [0.15, 0.2) is 0 Å². The third kappa shape index (κ3) is 5.95. The summed E-state index contributed by atoms with van der Waals surface area (Å²) in [5.74, 6) is -0.243. The molecule has 2 aromatic rings. The molecule has 0 radical (unpaired) electrons. The number of aryl methyl sites for hydroxylation is 1. The minimum absolute atomic E-state index is 0.243. The number of nitrogens with zero attached hydrogens (tertiary/aromatic N) is 1. The molecule has 3 rings (SSSR count). The summed E-state index contributed by atoms with van der Waals surface area (Å²) in [6.45, 7) is 5.73. The largest absolute Gasteiger partial charge is 0.367 e. The fraction of sp³-hybridized carbons (Fsp3) is 0.381. The van der Waals surface area contributed by atoms with Crippen LogP contribution in [0.25, 0.3) is 0 Å². The Morgan fingerprint density at radius 3 is 2.34 bits per heavy atom. The number of hydrogen-bond donors (Lipinski definition) is 3. The molecule has 1 saturated heterocycles. The minimum atomic E-state index is -3.47. The zero-order valence-electron chi connectivity index (χ0n) is 16.9. The number of benzene rings is 2. The molecule has 0 spiro atoms. The lowest BCUT2D eigenvalue weighted by Gasteiger charge is -2.31. The van der Waals surface area contributed by atoms with E-state index in [1.54, 1.807) is 12.1 Å². The van der Waals surface area contributed by atoms with Gasteiger partial charge in [0.2, 0.25) is 10.0 Å². The van der Waals surface area contributed by atoms with Gasteiger partial charge in [-0.3, -0.25) is 9.52 Å². The van der Waals surface area contributed by atoms with Gasteiger partial charge in [-0.05, 0) is 35.7 Å². The van der Waals surface area contributed by atoms with Gasteiger partial charge in [0.1, 0.15) is 0 Å². The van der Waals surface area contributed by atoms with E-state index in [1.165, 1.54) is 5.56 Å². The lowest BCUT2D eigenvalue weighted by atomic mass is 10.1. The zero-order chi connectivity index (χ0) is 20.9. The standard InChI is InChI=1S/C21H28N4O3S/c1-3-16-4-6-17(7-5-16)15-23-21(26)18-8-9-20(25-12-10-22-11-13-25)19(14-18)24-29(2,27)28/h4-9,14,22,24H,3,10-13,15H2,1-2H3,(H,23,26). The first-order valence-electron chi connectivity index (χ1n) is 9.79. The fourth-order valence-corrected chi connectivity index (χ4v) is 3.88. The molecule has 156 valence electrons. The van der Waals surface area contributed by atoms with E-state index in [1.807, 2.05) is 18.2 Å². The Kier molecular flexibility index (Phi) is 6.76. The maximum absolute atomic E-state index is 12.6. The summed E-state index contributed by atoms with van der Waals surface area (Å²) < 4.78 is 26.2. The highest BCUT2D eigenvalue weighted by atomic mass is 32.2. The second-order valence-electron chi connectivity index (χ2n) is 7.20. The van der Waals surface area contributed by atoms with E-state index in [0.717, 1.165) is 50.1 Å². The number of anilines is 2. The Morgan fingerprint density at radius 1 is 1.07 bits per heavy atom. The molecule has 0 bridgehead atoms. The number of carbonyl (C=O) groups excluding carboxylic acids is 1. The molecule has 1 aliphatic rings. The maximum Gasteiger partial charge on any atom is 0.251 e. The van der Waals surface area contributed by atoms with Crippen LogP contribution in [0, 0.1) is 0 Å². The van der Waals surface area contributed by atoms with E-state index in [9.17, 15) is 13.2 Å². The van der Waals surface area contributed by atoms with Gasteiger partial charge in [-0.2, -0.15) is 0 Å². The molecule has 2 aromatic carbocycles. The van der Waals surface area contributed by atoms with Gasteiger partial charge in [0.05, 0.1) is 17.6 Å². The summed E-state index contributed by atoms with van der Waals surface area (Å²) >= 11 is 0. The van der Waals surface area contributed by atoms with Crippen LogP contribution in [0.1, 0.15) is 28.4 Å². The molecule has 29 heavy (non-hydrogen) atoms.